The summed E-state index contributed by atoms with van der Waals surface area (Å²) in [5, 5.41) is 8.91. The van der Waals surface area contributed by atoms with Crippen molar-refractivity contribution in [2.45, 2.75) is 51.5 Å². The highest BCUT2D eigenvalue weighted by Crippen LogP contribution is 2.27. The second kappa shape index (κ2) is 6.91. The molecule has 1 atom stereocenters. The van der Waals surface area contributed by atoms with Crippen LogP contribution in [0.15, 0.2) is 0 Å². The molecule has 0 aromatic heterocycles. The van der Waals surface area contributed by atoms with E-state index in [2.05, 4.69) is 11.0 Å². The monoisotopic (exact) mass is 263 g/mol. The minimum Gasteiger partial charge on any atom is -0.340 e. The highest BCUT2D eigenvalue weighted by molar-refractivity contribution is 5.76. The molecule has 2 fully saturated rings. The van der Waals surface area contributed by atoms with Crippen LogP contribution < -0.4 is 0 Å². The predicted octanol–water partition coefficient (Wildman–Crippen LogP) is 2.01. The van der Waals surface area contributed by atoms with Gasteiger partial charge < -0.3 is 4.90 Å². The summed E-state index contributed by atoms with van der Waals surface area (Å²) in [6, 6.07) is 2.24. The Kier molecular flexibility index (Phi) is 5.21. The number of carbonyl (C=O) groups excluding carboxylic acids is 1. The van der Waals surface area contributed by atoms with E-state index in [9.17, 15) is 4.79 Å². The summed E-state index contributed by atoms with van der Waals surface area (Å²) in [7, 11) is 0. The van der Waals surface area contributed by atoms with Gasteiger partial charge in [-0.15, -0.1) is 0 Å². The zero-order chi connectivity index (χ0) is 13.7. The molecule has 2 rings (SSSR count). The average Bonchev–Trinajstić information content (AvgIpc) is 2.47. The number of nitrogens with zero attached hydrogens (tertiary/aromatic N) is 3. The normalized spacial score (nSPS) is 23.9. The summed E-state index contributed by atoms with van der Waals surface area (Å²) in [4.78, 5) is 16.4. The molecule has 0 aromatic carbocycles. The Morgan fingerprint density at radius 3 is 2.42 bits per heavy atom. The lowest BCUT2D eigenvalue weighted by Gasteiger charge is -2.36. The molecule has 1 unspecified atom stereocenters. The average molecular weight is 263 g/mol. The summed E-state index contributed by atoms with van der Waals surface area (Å²) >= 11 is 0. The van der Waals surface area contributed by atoms with Gasteiger partial charge in [0.25, 0.3) is 0 Å². The van der Waals surface area contributed by atoms with Crippen molar-refractivity contribution in [2.75, 3.05) is 26.2 Å². The third-order valence-corrected chi connectivity index (χ3v) is 4.59. The molecule has 19 heavy (non-hydrogen) atoms. The molecule has 1 aliphatic carbocycles. The summed E-state index contributed by atoms with van der Waals surface area (Å²) < 4.78 is 0. The zero-order valence-electron chi connectivity index (χ0n) is 12.0. The van der Waals surface area contributed by atoms with Crippen molar-refractivity contribution in [3.8, 4) is 6.07 Å². The third kappa shape index (κ3) is 3.94. The van der Waals surface area contributed by atoms with Crippen LogP contribution in [0.1, 0.15) is 45.4 Å². The second-order valence-electron chi connectivity index (χ2n) is 5.93. The number of amides is 1. The van der Waals surface area contributed by atoms with E-state index in [1.807, 2.05) is 11.8 Å². The Balaban J connectivity index is 1.74. The standard InChI is InChI=1S/C15H25N3O/c1-13(12-16)17-7-9-18(10-8-17)15(19)11-14-5-3-2-4-6-14/h13-14H,2-11H2,1H3. The molecular formula is C15H25N3O. The molecule has 1 amide bonds. The van der Waals surface area contributed by atoms with Crippen molar-refractivity contribution in [1.82, 2.24) is 9.80 Å². The molecule has 0 radical (unpaired) electrons. The molecule has 0 bridgehead atoms. The van der Waals surface area contributed by atoms with Gasteiger partial charge in [-0.1, -0.05) is 19.3 Å². The summed E-state index contributed by atoms with van der Waals surface area (Å²) in [5.41, 5.74) is 0. The van der Waals surface area contributed by atoms with Crippen LogP contribution in [0.4, 0.5) is 0 Å². The first-order valence-electron chi connectivity index (χ1n) is 7.62. The summed E-state index contributed by atoms with van der Waals surface area (Å²) in [6.07, 6.45) is 7.15. The van der Waals surface area contributed by atoms with E-state index < -0.39 is 0 Å². The fourth-order valence-corrected chi connectivity index (χ4v) is 3.21. The minimum absolute atomic E-state index is 0.0319. The van der Waals surface area contributed by atoms with Crippen LogP contribution in [0.25, 0.3) is 0 Å². The van der Waals surface area contributed by atoms with Gasteiger partial charge >= 0.3 is 0 Å². The first kappa shape index (κ1) is 14.3. The van der Waals surface area contributed by atoms with E-state index in [0.717, 1.165) is 32.6 Å². The molecule has 4 nitrogen and oxygen atoms in total. The maximum absolute atomic E-state index is 12.3. The molecule has 1 aliphatic heterocycles. The van der Waals surface area contributed by atoms with Crippen molar-refractivity contribution >= 4 is 5.91 Å². The lowest BCUT2D eigenvalue weighted by atomic mass is 9.86. The SMILES string of the molecule is CC(C#N)N1CCN(C(=O)CC2CCCCC2)CC1. The van der Waals surface area contributed by atoms with Crippen LogP contribution in [-0.4, -0.2) is 47.9 Å². The van der Waals surface area contributed by atoms with Gasteiger partial charge in [0.15, 0.2) is 0 Å². The third-order valence-electron chi connectivity index (χ3n) is 4.59. The number of piperazine rings is 1. The van der Waals surface area contributed by atoms with Crippen molar-refractivity contribution < 1.29 is 4.79 Å². The van der Waals surface area contributed by atoms with Crippen molar-refractivity contribution in [2.24, 2.45) is 5.92 Å². The maximum atomic E-state index is 12.3. The van der Waals surface area contributed by atoms with E-state index in [-0.39, 0.29) is 6.04 Å². The van der Waals surface area contributed by atoms with E-state index in [1.54, 1.807) is 0 Å². The molecule has 1 saturated carbocycles. The molecule has 0 N–H and O–H groups in total. The lowest BCUT2D eigenvalue weighted by Crippen LogP contribution is -2.51. The van der Waals surface area contributed by atoms with Gasteiger partial charge in [-0.3, -0.25) is 9.69 Å². The van der Waals surface area contributed by atoms with Crippen molar-refractivity contribution in [3.63, 3.8) is 0 Å². The van der Waals surface area contributed by atoms with E-state index in [0.29, 0.717) is 11.8 Å². The number of carbonyl (C=O) groups is 1. The van der Waals surface area contributed by atoms with Gasteiger partial charge in [-0.25, -0.2) is 0 Å². The van der Waals surface area contributed by atoms with Gasteiger partial charge in [-0.05, 0) is 25.7 Å². The lowest BCUT2D eigenvalue weighted by molar-refractivity contribution is -0.134. The van der Waals surface area contributed by atoms with Crippen LogP contribution in [0, 0.1) is 17.2 Å². The molecular weight excluding hydrogens is 238 g/mol. The molecule has 1 saturated heterocycles. The molecule has 0 aromatic rings. The Labute approximate surface area is 116 Å². The smallest absolute Gasteiger partial charge is 0.222 e. The maximum Gasteiger partial charge on any atom is 0.222 e. The van der Waals surface area contributed by atoms with Gasteiger partial charge in [0.2, 0.25) is 5.91 Å². The molecule has 0 spiro atoms. The summed E-state index contributed by atoms with van der Waals surface area (Å²) in [6.45, 7) is 5.19. The minimum atomic E-state index is -0.0319. The van der Waals surface area contributed by atoms with Gasteiger partial charge in [0, 0.05) is 32.6 Å². The van der Waals surface area contributed by atoms with E-state index in [1.165, 1.54) is 32.1 Å². The van der Waals surface area contributed by atoms with Gasteiger partial charge in [-0.2, -0.15) is 5.26 Å². The van der Waals surface area contributed by atoms with Crippen LogP contribution in [0.3, 0.4) is 0 Å². The van der Waals surface area contributed by atoms with Gasteiger partial charge in [0.05, 0.1) is 12.1 Å². The van der Waals surface area contributed by atoms with Crippen LogP contribution in [-0.2, 0) is 4.79 Å². The quantitative estimate of drug-likeness (QED) is 0.782. The first-order chi connectivity index (χ1) is 9.20. The highest BCUT2D eigenvalue weighted by atomic mass is 16.2. The number of rotatable bonds is 3. The molecule has 4 heteroatoms. The number of hydrogen-bond acceptors (Lipinski definition) is 3. The van der Waals surface area contributed by atoms with E-state index >= 15 is 0 Å². The molecule has 1 heterocycles. The molecule has 106 valence electrons. The Hall–Kier alpha value is -1.08. The van der Waals surface area contributed by atoms with Crippen molar-refractivity contribution in [3.05, 3.63) is 0 Å². The fourth-order valence-electron chi connectivity index (χ4n) is 3.21. The van der Waals surface area contributed by atoms with Crippen LogP contribution in [0.2, 0.25) is 0 Å². The topological polar surface area (TPSA) is 47.3 Å². The number of nitriles is 1. The van der Waals surface area contributed by atoms with Gasteiger partial charge in [0.1, 0.15) is 0 Å². The number of hydrogen-bond donors (Lipinski definition) is 0. The second-order valence-corrected chi connectivity index (χ2v) is 5.93. The fraction of sp³-hybridized carbons (Fsp3) is 0.867. The van der Waals surface area contributed by atoms with Crippen LogP contribution in [0.5, 0.6) is 0 Å². The summed E-state index contributed by atoms with van der Waals surface area (Å²) in [5.74, 6) is 0.952. The molecule has 2 aliphatic rings. The van der Waals surface area contributed by atoms with Crippen LogP contribution >= 0.6 is 0 Å². The van der Waals surface area contributed by atoms with Crippen molar-refractivity contribution in [1.29, 1.82) is 5.26 Å². The Bertz CT molecular complexity index is 336. The Morgan fingerprint density at radius 2 is 1.84 bits per heavy atom. The highest BCUT2D eigenvalue weighted by Gasteiger charge is 2.25. The predicted molar refractivity (Wildman–Crippen MR) is 74.4 cm³/mol. The largest absolute Gasteiger partial charge is 0.340 e. The zero-order valence-corrected chi connectivity index (χ0v) is 12.0. The van der Waals surface area contributed by atoms with E-state index in [4.69, 9.17) is 5.26 Å². The Morgan fingerprint density at radius 1 is 1.21 bits per heavy atom. The first-order valence-corrected chi connectivity index (χ1v) is 7.62.